The predicted molar refractivity (Wildman–Crippen MR) is 69.9 cm³/mol. The Bertz CT molecular complexity index is 559. The zero-order valence-electron chi connectivity index (χ0n) is 9.92. The lowest BCUT2D eigenvalue weighted by Gasteiger charge is -2.05. The van der Waals surface area contributed by atoms with E-state index in [4.69, 9.17) is 0 Å². The van der Waals surface area contributed by atoms with Crippen LogP contribution in [-0.4, -0.2) is 21.7 Å². The molecule has 0 spiro atoms. The van der Waals surface area contributed by atoms with Crippen LogP contribution in [0.1, 0.15) is 22.6 Å². The molecule has 2 aromatic rings. The molecule has 0 saturated heterocycles. The molecule has 2 heterocycles. The number of anilines is 1. The van der Waals surface area contributed by atoms with E-state index in [2.05, 4.69) is 10.3 Å². The molecule has 1 N–H and O–H groups in total. The molecule has 0 aliphatic carbocycles. The molecule has 2 rings (SSSR count). The van der Waals surface area contributed by atoms with Crippen LogP contribution < -0.4 is 5.32 Å². The molecular formula is C12H13N3O2S. The maximum absolute atomic E-state index is 11.7. The van der Waals surface area contributed by atoms with Gasteiger partial charge in [-0.3, -0.25) is 9.59 Å². The molecular weight excluding hydrogens is 250 g/mol. The fourth-order valence-corrected chi connectivity index (χ4v) is 2.26. The van der Waals surface area contributed by atoms with Gasteiger partial charge < -0.3 is 9.88 Å². The highest BCUT2D eigenvalue weighted by Gasteiger charge is 2.06. The van der Waals surface area contributed by atoms with Crippen molar-refractivity contribution in [3.8, 4) is 0 Å². The zero-order chi connectivity index (χ0) is 13.0. The standard InChI is InChI=1S/C12H13N3O2S/c1-9-8-18-12(13-9)14-11(17)4-6-15-5-2-3-10(15)7-16/h2-3,5,7-8H,4,6H2,1H3,(H,13,14,17). The van der Waals surface area contributed by atoms with E-state index >= 15 is 0 Å². The van der Waals surface area contributed by atoms with Gasteiger partial charge in [0.15, 0.2) is 11.4 Å². The van der Waals surface area contributed by atoms with Crippen molar-refractivity contribution in [3.05, 3.63) is 35.1 Å². The van der Waals surface area contributed by atoms with Crippen LogP contribution in [0.15, 0.2) is 23.7 Å². The number of hydrogen-bond donors (Lipinski definition) is 1. The number of thiazole rings is 1. The summed E-state index contributed by atoms with van der Waals surface area (Å²) in [5.41, 5.74) is 1.47. The smallest absolute Gasteiger partial charge is 0.227 e. The summed E-state index contributed by atoms with van der Waals surface area (Å²) < 4.78 is 1.75. The highest BCUT2D eigenvalue weighted by molar-refractivity contribution is 7.13. The second kappa shape index (κ2) is 5.59. The van der Waals surface area contributed by atoms with Crippen molar-refractivity contribution >= 4 is 28.7 Å². The zero-order valence-corrected chi connectivity index (χ0v) is 10.7. The van der Waals surface area contributed by atoms with Gasteiger partial charge in [0.2, 0.25) is 5.91 Å². The molecule has 0 bridgehead atoms. The van der Waals surface area contributed by atoms with E-state index < -0.39 is 0 Å². The number of hydrogen-bond acceptors (Lipinski definition) is 4. The van der Waals surface area contributed by atoms with Crippen LogP contribution >= 0.6 is 11.3 Å². The number of rotatable bonds is 5. The average Bonchev–Trinajstić information content (AvgIpc) is 2.95. The molecule has 1 amide bonds. The lowest BCUT2D eigenvalue weighted by atomic mass is 10.4. The number of aldehydes is 1. The van der Waals surface area contributed by atoms with Crippen molar-refractivity contribution in [2.24, 2.45) is 0 Å². The largest absolute Gasteiger partial charge is 0.345 e. The molecule has 0 unspecified atom stereocenters. The third-order valence-corrected chi connectivity index (χ3v) is 3.31. The number of amides is 1. The van der Waals surface area contributed by atoms with Crippen LogP contribution in [0.5, 0.6) is 0 Å². The number of aryl methyl sites for hydroxylation is 2. The van der Waals surface area contributed by atoms with Gasteiger partial charge in [0.05, 0.1) is 11.4 Å². The average molecular weight is 263 g/mol. The first-order valence-corrected chi connectivity index (χ1v) is 6.39. The molecule has 6 heteroatoms. The SMILES string of the molecule is Cc1csc(NC(=O)CCn2cccc2C=O)n1. The first-order chi connectivity index (χ1) is 8.69. The number of carbonyl (C=O) groups is 2. The minimum atomic E-state index is -0.102. The minimum absolute atomic E-state index is 0.102. The Hall–Kier alpha value is -1.95. The van der Waals surface area contributed by atoms with Crippen molar-refractivity contribution in [1.82, 2.24) is 9.55 Å². The molecule has 0 aliphatic rings. The van der Waals surface area contributed by atoms with Crippen molar-refractivity contribution < 1.29 is 9.59 Å². The van der Waals surface area contributed by atoms with Gasteiger partial charge in [-0.1, -0.05) is 0 Å². The van der Waals surface area contributed by atoms with Gasteiger partial charge in [0.25, 0.3) is 0 Å². The Labute approximate surface area is 108 Å². The quantitative estimate of drug-likeness (QED) is 0.840. The maximum Gasteiger partial charge on any atom is 0.227 e. The Morgan fingerprint density at radius 1 is 1.61 bits per heavy atom. The van der Waals surface area contributed by atoms with E-state index in [-0.39, 0.29) is 5.91 Å². The lowest BCUT2D eigenvalue weighted by Crippen LogP contribution is -2.14. The van der Waals surface area contributed by atoms with Crippen LogP contribution in [0.4, 0.5) is 5.13 Å². The molecule has 0 radical (unpaired) electrons. The highest BCUT2D eigenvalue weighted by atomic mass is 32.1. The van der Waals surface area contributed by atoms with E-state index in [9.17, 15) is 9.59 Å². The molecule has 0 aliphatic heterocycles. The van der Waals surface area contributed by atoms with Gasteiger partial charge >= 0.3 is 0 Å². The summed E-state index contributed by atoms with van der Waals surface area (Å²) in [6.07, 6.45) is 2.88. The Balaban J connectivity index is 1.87. The minimum Gasteiger partial charge on any atom is -0.345 e. The molecule has 18 heavy (non-hydrogen) atoms. The predicted octanol–water partition coefficient (Wildman–Crippen LogP) is 2.09. The van der Waals surface area contributed by atoms with E-state index in [1.165, 1.54) is 11.3 Å². The third kappa shape index (κ3) is 3.04. The molecule has 0 saturated carbocycles. The summed E-state index contributed by atoms with van der Waals surface area (Å²) in [6, 6.07) is 3.50. The fourth-order valence-electron chi connectivity index (χ4n) is 1.55. The molecule has 0 atom stereocenters. The van der Waals surface area contributed by atoms with Gasteiger partial charge in [0.1, 0.15) is 0 Å². The number of nitrogens with zero attached hydrogens (tertiary/aromatic N) is 2. The number of carbonyl (C=O) groups excluding carboxylic acids is 2. The molecule has 2 aromatic heterocycles. The summed E-state index contributed by atoms with van der Waals surface area (Å²) in [4.78, 5) is 26.5. The van der Waals surface area contributed by atoms with Crippen LogP contribution in [0.2, 0.25) is 0 Å². The second-order valence-electron chi connectivity index (χ2n) is 3.84. The Morgan fingerprint density at radius 2 is 2.44 bits per heavy atom. The van der Waals surface area contributed by atoms with Crippen molar-refractivity contribution in [3.63, 3.8) is 0 Å². The fraction of sp³-hybridized carbons (Fsp3) is 0.250. The second-order valence-corrected chi connectivity index (χ2v) is 4.69. The first-order valence-electron chi connectivity index (χ1n) is 5.51. The molecule has 0 aromatic carbocycles. The summed E-state index contributed by atoms with van der Waals surface area (Å²) in [5, 5.41) is 5.22. The van der Waals surface area contributed by atoms with Crippen LogP contribution in [-0.2, 0) is 11.3 Å². The Kier molecular flexibility index (Phi) is 3.88. The molecule has 0 fully saturated rings. The van der Waals surface area contributed by atoms with Gasteiger partial charge in [-0.2, -0.15) is 0 Å². The van der Waals surface area contributed by atoms with E-state index in [1.807, 2.05) is 12.3 Å². The summed E-state index contributed by atoms with van der Waals surface area (Å²) in [7, 11) is 0. The summed E-state index contributed by atoms with van der Waals surface area (Å²) in [6.45, 7) is 2.36. The number of aromatic nitrogens is 2. The van der Waals surface area contributed by atoms with E-state index in [0.717, 1.165) is 12.0 Å². The Morgan fingerprint density at radius 3 is 3.11 bits per heavy atom. The van der Waals surface area contributed by atoms with Gasteiger partial charge in [-0.15, -0.1) is 11.3 Å². The van der Waals surface area contributed by atoms with E-state index in [0.29, 0.717) is 23.8 Å². The van der Waals surface area contributed by atoms with Crippen LogP contribution in [0.3, 0.4) is 0 Å². The number of nitrogens with one attached hydrogen (secondary N) is 1. The monoisotopic (exact) mass is 263 g/mol. The van der Waals surface area contributed by atoms with Crippen LogP contribution in [0.25, 0.3) is 0 Å². The normalized spacial score (nSPS) is 10.3. The summed E-state index contributed by atoms with van der Waals surface area (Å²) in [5.74, 6) is -0.102. The van der Waals surface area contributed by atoms with Gasteiger partial charge in [-0.25, -0.2) is 4.98 Å². The first kappa shape index (κ1) is 12.5. The van der Waals surface area contributed by atoms with Gasteiger partial charge in [-0.05, 0) is 19.1 Å². The van der Waals surface area contributed by atoms with Gasteiger partial charge in [0, 0.05) is 24.5 Å². The van der Waals surface area contributed by atoms with E-state index in [1.54, 1.807) is 22.9 Å². The lowest BCUT2D eigenvalue weighted by molar-refractivity contribution is -0.116. The van der Waals surface area contributed by atoms with Crippen molar-refractivity contribution in [1.29, 1.82) is 0 Å². The highest BCUT2D eigenvalue weighted by Crippen LogP contribution is 2.14. The van der Waals surface area contributed by atoms with Crippen molar-refractivity contribution in [2.75, 3.05) is 5.32 Å². The topological polar surface area (TPSA) is 64.0 Å². The molecule has 5 nitrogen and oxygen atoms in total. The third-order valence-electron chi connectivity index (χ3n) is 2.43. The van der Waals surface area contributed by atoms with Crippen molar-refractivity contribution in [2.45, 2.75) is 19.9 Å². The maximum atomic E-state index is 11.7. The molecule has 94 valence electrons. The summed E-state index contributed by atoms with van der Waals surface area (Å²) >= 11 is 1.40. The van der Waals surface area contributed by atoms with Crippen LogP contribution in [0, 0.1) is 6.92 Å².